The molecule has 0 fully saturated rings. The Morgan fingerprint density at radius 1 is 1.67 bits per heavy atom. The molecule has 0 radical (unpaired) electrons. The summed E-state index contributed by atoms with van der Waals surface area (Å²) in [5.74, 6) is 0. The van der Waals surface area contributed by atoms with Gasteiger partial charge in [0, 0.05) is 0 Å². The van der Waals surface area contributed by atoms with Gasteiger partial charge in [-0.05, 0) is 6.54 Å². The molecule has 0 aromatic heterocycles. The molecule has 1 unspecified atom stereocenters. The Labute approximate surface area is 51.7 Å². The van der Waals surface area contributed by atoms with E-state index in [1.165, 1.54) is 0 Å². The highest BCUT2D eigenvalue weighted by atomic mass is 79.9. The molecule has 0 saturated carbocycles. The monoisotopic (exact) mass is 174 g/mol. The van der Waals surface area contributed by atoms with Crippen LogP contribution in [0.3, 0.4) is 0 Å². The van der Waals surface area contributed by atoms with Crippen LogP contribution in [-0.4, -0.2) is 6.54 Å². The molecule has 4 N–H and O–H groups in total. The van der Waals surface area contributed by atoms with Gasteiger partial charge in [-0.3, -0.25) is 0 Å². The highest BCUT2D eigenvalue weighted by Crippen LogP contribution is 1.59. The van der Waals surface area contributed by atoms with Gasteiger partial charge < -0.3 is 11.2 Å². The molecule has 0 aromatic carbocycles. The number of hydrogen-bond acceptors (Lipinski definition) is 2. The number of halogens is 1. The molecule has 42 valence electrons. The van der Waals surface area contributed by atoms with Crippen LogP contribution >= 0.6 is 26.4 Å². The van der Waals surface area contributed by atoms with Crippen LogP contribution in [0.1, 0.15) is 6.92 Å². The standard InChI is InChI=1S/C2H8NP.BrH.H3N/c1-2-3-4;;/h3H,2,4H2,1H3;1H;1H3. The van der Waals surface area contributed by atoms with Gasteiger partial charge >= 0.3 is 0 Å². The number of nitrogens with one attached hydrogen (secondary N) is 1. The lowest BCUT2D eigenvalue weighted by Crippen LogP contribution is -1.90. The van der Waals surface area contributed by atoms with Crippen molar-refractivity contribution in [3.8, 4) is 0 Å². The van der Waals surface area contributed by atoms with Gasteiger partial charge in [-0.2, -0.15) is 0 Å². The minimum atomic E-state index is 0. The molecule has 0 amide bonds. The lowest BCUT2D eigenvalue weighted by molar-refractivity contribution is 1.04. The Morgan fingerprint density at radius 2 is 1.83 bits per heavy atom. The van der Waals surface area contributed by atoms with E-state index in [2.05, 4.69) is 14.5 Å². The molecule has 0 aliphatic carbocycles. The second kappa shape index (κ2) is 17.0. The van der Waals surface area contributed by atoms with E-state index in [1.807, 2.05) is 6.92 Å². The zero-order chi connectivity index (χ0) is 3.41. The first-order chi connectivity index (χ1) is 1.91. The average molecular weight is 175 g/mol. The van der Waals surface area contributed by atoms with Crippen molar-refractivity contribution in [1.82, 2.24) is 11.2 Å². The van der Waals surface area contributed by atoms with E-state index in [0.717, 1.165) is 6.54 Å². The fourth-order valence-corrected chi connectivity index (χ4v) is 0. The average Bonchev–Trinajstić information content (AvgIpc) is 1.37. The predicted molar refractivity (Wildman–Crippen MR) is 38.7 cm³/mol. The Hall–Kier alpha value is 0.830. The van der Waals surface area contributed by atoms with Crippen LogP contribution in [0.25, 0.3) is 0 Å². The molecule has 0 bridgehead atoms. The van der Waals surface area contributed by atoms with Crippen LogP contribution in [0.15, 0.2) is 0 Å². The van der Waals surface area contributed by atoms with Crippen LogP contribution in [-0.2, 0) is 0 Å². The fraction of sp³-hybridized carbons (Fsp3) is 1.00. The second-order valence-corrected chi connectivity index (χ2v) is 0.966. The van der Waals surface area contributed by atoms with E-state index in [9.17, 15) is 0 Å². The zero-order valence-corrected chi connectivity index (χ0v) is 6.77. The first kappa shape index (κ1) is 15.8. The Morgan fingerprint density at radius 3 is 1.83 bits per heavy atom. The van der Waals surface area contributed by atoms with Crippen LogP contribution in [0, 0.1) is 0 Å². The summed E-state index contributed by atoms with van der Waals surface area (Å²) in [5.41, 5.74) is 0. The summed E-state index contributed by atoms with van der Waals surface area (Å²) >= 11 is 0. The summed E-state index contributed by atoms with van der Waals surface area (Å²) in [6, 6.07) is 0. The van der Waals surface area contributed by atoms with Crippen molar-refractivity contribution in [2.24, 2.45) is 0 Å². The molecule has 6 heavy (non-hydrogen) atoms. The molecule has 0 aromatic rings. The molecule has 0 aliphatic heterocycles. The molecule has 0 saturated heterocycles. The highest BCUT2D eigenvalue weighted by molar-refractivity contribution is 8.93. The lowest BCUT2D eigenvalue weighted by Gasteiger charge is -1.75. The molecule has 0 aliphatic rings. The molecule has 4 heteroatoms. The van der Waals surface area contributed by atoms with Crippen molar-refractivity contribution in [3.63, 3.8) is 0 Å². The van der Waals surface area contributed by atoms with Gasteiger partial charge in [0.05, 0.1) is 0 Å². The van der Waals surface area contributed by atoms with E-state index in [1.54, 1.807) is 0 Å². The Balaban J connectivity index is -0.0000000450. The molecule has 0 rings (SSSR count). The van der Waals surface area contributed by atoms with Crippen molar-refractivity contribution in [2.75, 3.05) is 6.54 Å². The summed E-state index contributed by atoms with van der Waals surface area (Å²) in [5, 5.41) is 2.85. The second-order valence-electron chi connectivity index (χ2n) is 0.558. The van der Waals surface area contributed by atoms with E-state index >= 15 is 0 Å². The molecule has 2 nitrogen and oxygen atoms in total. The van der Waals surface area contributed by atoms with Crippen molar-refractivity contribution in [3.05, 3.63) is 0 Å². The topological polar surface area (TPSA) is 47.0 Å². The smallest absolute Gasteiger partial charge is 0.00429 e. The Kier molecular flexibility index (Phi) is 44.8. The summed E-state index contributed by atoms with van der Waals surface area (Å²) in [6.07, 6.45) is 0. The van der Waals surface area contributed by atoms with Gasteiger partial charge in [0.25, 0.3) is 0 Å². The third kappa shape index (κ3) is 21.2. The normalized spacial score (nSPS) is 5.00. The van der Waals surface area contributed by atoms with Crippen molar-refractivity contribution < 1.29 is 0 Å². The van der Waals surface area contributed by atoms with Gasteiger partial charge in [0.1, 0.15) is 0 Å². The van der Waals surface area contributed by atoms with Crippen molar-refractivity contribution >= 4 is 26.4 Å². The molecule has 0 heterocycles. The van der Waals surface area contributed by atoms with E-state index in [4.69, 9.17) is 0 Å². The van der Waals surface area contributed by atoms with Crippen LogP contribution in [0.2, 0.25) is 0 Å². The minimum absolute atomic E-state index is 0. The lowest BCUT2D eigenvalue weighted by atomic mass is 10.8. The maximum atomic E-state index is 2.85. The largest absolute Gasteiger partial charge is 0.344 e. The molecular formula is C2H12BrN2P. The third-order valence-corrected chi connectivity index (χ3v) is 0.612. The van der Waals surface area contributed by atoms with Gasteiger partial charge in [-0.15, -0.1) is 17.0 Å². The van der Waals surface area contributed by atoms with Crippen molar-refractivity contribution in [1.29, 1.82) is 0 Å². The SMILES string of the molecule is Br.CCNP.N. The summed E-state index contributed by atoms with van der Waals surface area (Å²) in [4.78, 5) is 0. The third-order valence-electron chi connectivity index (χ3n) is 0.204. The predicted octanol–water partition coefficient (Wildman–Crippen LogP) is 1.13. The molecule has 0 spiro atoms. The van der Waals surface area contributed by atoms with Crippen LogP contribution in [0.5, 0.6) is 0 Å². The van der Waals surface area contributed by atoms with Gasteiger partial charge in [0.2, 0.25) is 0 Å². The van der Waals surface area contributed by atoms with E-state index < -0.39 is 0 Å². The van der Waals surface area contributed by atoms with Crippen LogP contribution in [0.4, 0.5) is 0 Å². The zero-order valence-electron chi connectivity index (χ0n) is 3.90. The maximum absolute atomic E-state index is 2.85. The molecular weight excluding hydrogens is 163 g/mol. The Bertz CT molecular complexity index is 13.5. The van der Waals surface area contributed by atoms with E-state index in [0.29, 0.717) is 0 Å². The van der Waals surface area contributed by atoms with Crippen LogP contribution < -0.4 is 11.2 Å². The van der Waals surface area contributed by atoms with Crippen molar-refractivity contribution in [2.45, 2.75) is 6.92 Å². The summed E-state index contributed by atoms with van der Waals surface area (Å²) in [6.45, 7) is 3.08. The number of hydrogen-bond donors (Lipinski definition) is 2. The first-order valence-corrected chi connectivity index (χ1v) is 1.93. The first-order valence-electron chi connectivity index (χ1n) is 1.35. The van der Waals surface area contributed by atoms with E-state index in [-0.39, 0.29) is 23.1 Å². The molecule has 1 atom stereocenters. The van der Waals surface area contributed by atoms with Gasteiger partial charge in [-0.25, -0.2) is 0 Å². The fourth-order valence-electron chi connectivity index (χ4n) is 0. The quantitative estimate of drug-likeness (QED) is 0.586. The minimum Gasteiger partial charge on any atom is -0.344 e. The summed E-state index contributed by atoms with van der Waals surface area (Å²) in [7, 11) is 2.41. The number of rotatable bonds is 1. The summed E-state index contributed by atoms with van der Waals surface area (Å²) < 4.78 is 0. The van der Waals surface area contributed by atoms with Gasteiger partial charge in [0.15, 0.2) is 0 Å². The van der Waals surface area contributed by atoms with Gasteiger partial charge in [-0.1, -0.05) is 16.3 Å². The maximum Gasteiger partial charge on any atom is -0.00429 e. The highest BCUT2D eigenvalue weighted by Gasteiger charge is 1.50.